The first-order chi connectivity index (χ1) is 16.8. The van der Waals surface area contributed by atoms with Crippen molar-refractivity contribution in [2.24, 2.45) is 0 Å². The van der Waals surface area contributed by atoms with Crippen LogP contribution in [0.5, 0.6) is 5.75 Å². The van der Waals surface area contributed by atoms with Gasteiger partial charge in [-0.05, 0) is 37.1 Å². The topological polar surface area (TPSA) is 108 Å². The normalized spacial score (nSPS) is 20.1. The second kappa shape index (κ2) is 9.24. The zero-order valence-electron chi connectivity index (χ0n) is 19.2. The molecule has 1 saturated carbocycles. The summed E-state index contributed by atoms with van der Waals surface area (Å²) in [6, 6.07) is 3.78. The molecular formula is C22H23F5N6O3. The molecule has 0 bridgehead atoms. The van der Waals surface area contributed by atoms with E-state index < -0.39 is 42.4 Å². The highest BCUT2D eigenvalue weighted by Crippen LogP contribution is 2.38. The minimum absolute atomic E-state index is 0.00291. The van der Waals surface area contributed by atoms with Crippen molar-refractivity contribution in [2.75, 3.05) is 19.0 Å². The molecule has 0 aliphatic heterocycles. The van der Waals surface area contributed by atoms with Crippen LogP contribution in [0, 0.1) is 0 Å². The Kier molecular flexibility index (Phi) is 6.60. The van der Waals surface area contributed by atoms with Gasteiger partial charge in [-0.2, -0.15) is 18.2 Å². The number of aromatic hydroxyl groups is 1. The number of nitrogens with zero attached hydrogens (tertiary/aromatic N) is 6. The van der Waals surface area contributed by atoms with Gasteiger partial charge in [-0.25, -0.2) is 13.8 Å². The van der Waals surface area contributed by atoms with Gasteiger partial charge in [-0.1, -0.05) is 0 Å². The van der Waals surface area contributed by atoms with Crippen molar-refractivity contribution in [3.63, 3.8) is 0 Å². The number of alkyl halides is 5. The molecule has 0 radical (unpaired) electrons. The van der Waals surface area contributed by atoms with Crippen LogP contribution in [0.25, 0.3) is 22.2 Å². The number of rotatable bonds is 5. The van der Waals surface area contributed by atoms with Crippen molar-refractivity contribution < 1.29 is 32.3 Å². The molecule has 3 aromatic rings. The van der Waals surface area contributed by atoms with Gasteiger partial charge in [0, 0.05) is 32.1 Å². The number of hydroxylamine groups is 2. The Balaban J connectivity index is 1.58. The highest BCUT2D eigenvalue weighted by atomic mass is 19.4. The Labute approximate surface area is 201 Å². The lowest BCUT2D eigenvalue weighted by molar-refractivity contribution is -0.200. The summed E-state index contributed by atoms with van der Waals surface area (Å²) in [7, 11) is 2.86. The zero-order chi connectivity index (χ0) is 26.4. The van der Waals surface area contributed by atoms with Gasteiger partial charge in [0.25, 0.3) is 11.5 Å². The molecule has 0 spiro atoms. The van der Waals surface area contributed by atoms with Crippen LogP contribution in [-0.2, 0) is 6.54 Å². The summed E-state index contributed by atoms with van der Waals surface area (Å²) >= 11 is 0. The van der Waals surface area contributed by atoms with Gasteiger partial charge in [0.05, 0.1) is 22.9 Å². The van der Waals surface area contributed by atoms with Gasteiger partial charge in [-0.15, -0.1) is 10.2 Å². The van der Waals surface area contributed by atoms with Gasteiger partial charge in [-0.3, -0.25) is 9.36 Å². The number of fused-ring (bicyclic) bond motifs is 1. The van der Waals surface area contributed by atoms with E-state index in [1.54, 1.807) is 18.0 Å². The average Bonchev–Trinajstić information content (AvgIpc) is 2.79. The number of halogens is 5. The fourth-order valence-corrected chi connectivity index (χ4v) is 4.40. The third-order valence-corrected chi connectivity index (χ3v) is 6.37. The van der Waals surface area contributed by atoms with E-state index in [-0.39, 0.29) is 41.0 Å². The standard InChI is InChI=1S/C22H23F5N6O3/c1-31(12-5-6-21(23,24)18(7-12)32(2)36)19-4-3-15(29-30-19)13-8-16-14(9-17(13)34)20(35)33(11-28-16)10-22(25,26)27/h3-4,8-9,11-12,18,34,36H,5-7,10H2,1-2H3/t12-,18?/m1/s1. The lowest BCUT2D eigenvalue weighted by atomic mass is 9.87. The highest BCUT2D eigenvalue weighted by molar-refractivity contribution is 5.86. The van der Waals surface area contributed by atoms with Gasteiger partial charge in [0.2, 0.25) is 0 Å². The van der Waals surface area contributed by atoms with E-state index in [2.05, 4.69) is 15.2 Å². The van der Waals surface area contributed by atoms with Gasteiger partial charge in [0.1, 0.15) is 18.3 Å². The van der Waals surface area contributed by atoms with E-state index in [0.717, 1.165) is 12.4 Å². The quantitative estimate of drug-likeness (QED) is 0.394. The summed E-state index contributed by atoms with van der Waals surface area (Å²) in [6.45, 7) is -1.51. The van der Waals surface area contributed by atoms with Crippen LogP contribution in [0.3, 0.4) is 0 Å². The van der Waals surface area contributed by atoms with Gasteiger partial charge in [0.15, 0.2) is 5.82 Å². The second-order valence-corrected chi connectivity index (χ2v) is 8.85. The monoisotopic (exact) mass is 514 g/mol. The van der Waals surface area contributed by atoms with E-state index in [4.69, 9.17) is 0 Å². The molecule has 1 unspecified atom stereocenters. The van der Waals surface area contributed by atoms with Gasteiger partial charge < -0.3 is 15.2 Å². The maximum atomic E-state index is 14.1. The first-order valence-electron chi connectivity index (χ1n) is 10.9. The number of aromatic nitrogens is 4. The maximum Gasteiger partial charge on any atom is 0.406 e. The van der Waals surface area contributed by atoms with Crippen molar-refractivity contribution in [3.05, 3.63) is 40.9 Å². The first-order valence-corrected chi connectivity index (χ1v) is 10.9. The van der Waals surface area contributed by atoms with E-state index in [0.29, 0.717) is 15.4 Å². The molecule has 14 heteroatoms. The average molecular weight is 514 g/mol. The molecule has 9 nitrogen and oxygen atoms in total. The van der Waals surface area contributed by atoms with Crippen molar-refractivity contribution in [3.8, 4) is 17.0 Å². The fraction of sp³-hybridized carbons (Fsp3) is 0.455. The lowest BCUT2D eigenvalue weighted by Crippen LogP contribution is -2.53. The SMILES string of the molecule is CN(O)C1C[C@H](N(C)c2ccc(-c3cc4ncn(CC(F)(F)F)c(=O)c4cc3O)nn2)CCC1(F)F. The molecule has 2 aromatic heterocycles. The van der Waals surface area contributed by atoms with Crippen LogP contribution < -0.4 is 10.5 Å². The zero-order valence-corrected chi connectivity index (χ0v) is 19.2. The number of benzene rings is 1. The number of hydrogen-bond acceptors (Lipinski definition) is 8. The molecule has 1 aliphatic rings. The van der Waals surface area contributed by atoms with Crippen molar-refractivity contribution >= 4 is 16.7 Å². The molecule has 2 N–H and O–H groups in total. The smallest absolute Gasteiger partial charge is 0.406 e. The molecule has 1 aromatic carbocycles. The lowest BCUT2D eigenvalue weighted by Gasteiger charge is -2.41. The number of phenolic OH excluding ortho intramolecular Hbond substituents is 1. The maximum absolute atomic E-state index is 14.1. The Hall–Kier alpha value is -3.39. The summed E-state index contributed by atoms with van der Waals surface area (Å²) in [5.41, 5.74) is -0.524. The van der Waals surface area contributed by atoms with Gasteiger partial charge >= 0.3 is 6.18 Å². The van der Waals surface area contributed by atoms with Crippen LogP contribution in [0.1, 0.15) is 19.3 Å². The number of phenols is 1. The summed E-state index contributed by atoms with van der Waals surface area (Å²) in [6.07, 6.45) is -4.04. The summed E-state index contributed by atoms with van der Waals surface area (Å²) < 4.78 is 66.7. The Morgan fingerprint density at radius 1 is 1.19 bits per heavy atom. The van der Waals surface area contributed by atoms with Crippen LogP contribution >= 0.6 is 0 Å². The molecule has 1 fully saturated rings. The molecule has 4 rings (SSSR count). The Morgan fingerprint density at radius 3 is 2.53 bits per heavy atom. The molecule has 1 aliphatic carbocycles. The number of anilines is 1. The van der Waals surface area contributed by atoms with Crippen molar-refractivity contribution in [2.45, 2.75) is 50.0 Å². The van der Waals surface area contributed by atoms with Crippen LogP contribution in [0.2, 0.25) is 0 Å². The minimum Gasteiger partial charge on any atom is -0.507 e. The molecule has 194 valence electrons. The Bertz CT molecular complexity index is 1310. The summed E-state index contributed by atoms with van der Waals surface area (Å²) in [5, 5.41) is 28.6. The molecule has 2 atom stereocenters. The van der Waals surface area contributed by atoms with Crippen molar-refractivity contribution in [1.82, 2.24) is 24.8 Å². The third-order valence-electron chi connectivity index (χ3n) is 6.37. The molecular weight excluding hydrogens is 491 g/mol. The summed E-state index contributed by atoms with van der Waals surface area (Å²) in [5.74, 6) is -3.04. The molecule has 36 heavy (non-hydrogen) atoms. The predicted octanol–water partition coefficient (Wildman–Crippen LogP) is 3.44. The third kappa shape index (κ3) is 5.09. The second-order valence-electron chi connectivity index (χ2n) is 8.85. The summed E-state index contributed by atoms with van der Waals surface area (Å²) in [4.78, 5) is 18.0. The number of hydrogen-bond donors (Lipinski definition) is 2. The fourth-order valence-electron chi connectivity index (χ4n) is 4.40. The van der Waals surface area contributed by atoms with Crippen LogP contribution in [0.4, 0.5) is 27.8 Å². The highest BCUT2D eigenvalue weighted by Gasteiger charge is 2.47. The van der Waals surface area contributed by atoms with E-state index >= 15 is 0 Å². The minimum atomic E-state index is -4.61. The predicted molar refractivity (Wildman–Crippen MR) is 119 cm³/mol. The molecule has 2 heterocycles. The van der Waals surface area contributed by atoms with Crippen LogP contribution in [-0.4, -0.2) is 73.4 Å². The van der Waals surface area contributed by atoms with E-state index in [1.165, 1.54) is 19.2 Å². The first kappa shape index (κ1) is 25.7. The van der Waals surface area contributed by atoms with E-state index in [1.807, 2.05) is 0 Å². The molecule has 0 saturated heterocycles. The molecule has 0 amide bonds. The van der Waals surface area contributed by atoms with Crippen LogP contribution in [0.15, 0.2) is 35.4 Å². The van der Waals surface area contributed by atoms with Crippen molar-refractivity contribution in [1.29, 1.82) is 0 Å². The Morgan fingerprint density at radius 2 is 1.92 bits per heavy atom. The van der Waals surface area contributed by atoms with E-state index in [9.17, 15) is 37.1 Å². The largest absolute Gasteiger partial charge is 0.507 e.